The molecule has 5 heteroatoms. The van der Waals surface area contributed by atoms with E-state index < -0.39 is 0 Å². The zero-order chi connectivity index (χ0) is 12.5. The summed E-state index contributed by atoms with van der Waals surface area (Å²) in [6.07, 6.45) is 6.82. The summed E-state index contributed by atoms with van der Waals surface area (Å²) in [7, 11) is 0. The highest BCUT2D eigenvalue weighted by molar-refractivity contribution is 4.97. The van der Waals surface area contributed by atoms with Crippen molar-refractivity contribution in [2.75, 3.05) is 0 Å². The van der Waals surface area contributed by atoms with Crippen molar-refractivity contribution in [1.29, 1.82) is 0 Å². The average molecular weight is 250 g/mol. The highest BCUT2D eigenvalue weighted by atomic mass is 16.5. The number of likely N-dealkylation sites (tertiary alicyclic amines) is 1. The minimum absolute atomic E-state index is 0.328. The van der Waals surface area contributed by atoms with Crippen molar-refractivity contribution in [2.24, 2.45) is 11.7 Å². The van der Waals surface area contributed by atoms with Gasteiger partial charge in [-0.1, -0.05) is 18.0 Å². The molecule has 5 nitrogen and oxygen atoms in total. The van der Waals surface area contributed by atoms with Crippen LogP contribution in [0.4, 0.5) is 0 Å². The van der Waals surface area contributed by atoms with Crippen LogP contribution >= 0.6 is 0 Å². The van der Waals surface area contributed by atoms with Crippen LogP contribution in [0.25, 0.3) is 0 Å². The van der Waals surface area contributed by atoms with Crippen LogP contribution in [0, 0.1) is 5.92 Å². The molecule has 0 bridgehead atoms. The Morgan fingerprint density at radius 2 is 2.22 bits per heavy atom. The van der Waals surface area contributed by atoms with Gasteiger partial charge >= 0.3 is 0 Å². The molecule has 0 spiro atoms. The molecule has 1 aromatic rings. The van der Waals surface area contributed by atoms with Crippen molar-refractivity contribution in [3.05, 3.63) is 11.7 Å². The summed E-state index contributed by atoms with van der Waals surface area (Å²) >= 11 is 0. The molecular weight excluding hydrogens is 228 g/mol. The number of hydrogen-bond donors (Lipinski definition) is 1. The Labute approximate surface area is 108 Å². The summed E-state index contributed by atoms with van der Waals surface area (Å²) in [4.78, 5) is 6.88. The summed E-state index contributed by atoms with van der Waals surface area (Å²) in [6, 6.07) is 1.37. The molecule has 0 aromatic carbocycles. The molecule has 2 fully saturated rings. The minimum Gasteiger partial charge on any atom is -0.338 e. The molecule has 1 aliphatic carbocycles. The molecule has 100 valence electrons. The molecule has 2 N–H and O–H groups in total. The Morgan fingerprint density at radius 3 is 3.00 bits per heavy atom. The molecule has 0 radical (unpaired) electrons. The van der Waals surface area contributed by atoms with Crippen molar-refractivity contribution in [2.45, 2.75) is 64.2 Å². The van der Waals surface area contributed by atoms with Crippen LogP contribution in [-0.2, 0) is 13.1 Å². The van der Waals surface area contributed by atoms with Crippen LogP contribution in [0.1, 0.15) is 50.7 Å². The summed E-state index contributed by atoms with van der Waals surface area (Å²) in [5.74, 6) is 2.21. The van der Waals surface area contributed by atoms with Gasteiger partial charge in [0.05, 0.1) is 13.1 Å². The minimum atomic E-state index is 0.328. The number of fused-ring (bicyclic) bond motifs is 1. The summed E-state index contributed by atoms with van der Waals surface area (Å²) in [5, 5.41) is 4.01. The quantitative estimate of drug-likeness (QED) is 0.884. The second-order valence-electron chi connectivity index (χ2n) is 5.68. The van der Waals surface area contributed by atoms with E-state index in [1.54, 1.807) is 0 Å². The number of aromatic nitrogens is 2. The van der Waals surface area contributed by atoms with Crippen LogP contribution in [0.15, 0.2) is 4.52 Å². The molecule has 3 unspecified atom stereocenters. The van der Waals surface area contributed by atoms with Crippen molar-refractivity contribution < 1.29 is 4.52 Å². The Hall–Kier alpha value is -0.940. The van der Waals surface area contributed by atoms with Gasteiger partial charge in [-0.2, -0.15) is 4.98 Å². The lowest BCUT2D eigenvalue weighted by atomic mass is 9.85. The highest BCUT2D eigenvalue weighted by Crippen LogP contribution is 2.39. The molecule has 18 heavy (non-hydrogen) atoms. The van der Waals surface area contributed by atoms with Crippen LogP contribution in [0.2, 0.25) is 0 Å². The topological polar surface area (TPSA) is 68.2 Å². The number of nitrogens with two attached hydrogens (primary N) is 1. The monoisotopic (exact) mass is 250 g/mol. The molecule has 0 amide bonds. The lowest BCUT2D eigenvalue weighted by Gasteiger charge is -2.32. The van der Waals surface area contributed by atoms with Crippen LogP contribution in [0.3, 0.4) is 0 Å². The lowest BCUT2D eigenvalue weighted by Crippen LogP contribution is -2.37. The molecule has 2 heterocycles. The molecule has 1 saturated heterocycles. The molecule has 1 aliphatic heterocycles. The Kier molecular flexibility index (Phi) is 3.35. The largest absolute Gasteiger partial charge is 0.338 e. The van der Waals surface area contributed by atoms with Gasteiger partial charge in [0.1, 0.15) is 0 Å². The normalized spacial score (nSPS) is 32.7. The second-order valence-corrected chi connectivity index (χ2v) is 5.68. The van der Waals surface area contributed by atoms with Gasteiger partial charge in [0.25, 0.3) is 0 Å². The van der Waals surface area contributed by atoms with E-state index in [0.29, 0.717) is 18.5 Å². The maximum Gasteiger partial charge on any atom is 0.240 e. The third kappa shape index (κ3) is 2.17. The molecular formula is C13H22N4O. The fraction of sp³-hybridized carbons (Fsp3) is 0.846. The van der Waals surface area contributed by atoms with Gasteiger partial charge in [-0.05, 0) is 32.1 Å². The molecule has 1 saturated carbocycles. The van der Waals surface area contributed by atoms with Gasteiger partial charge < -0.3 is 10.3 Å². The standard InChI is InChI=1S/C13H22N4O/c1-9-6-10-4-2-3-5-11(10)17(9)8-12-15-13(7-14)18-16-12/h9-11H,2-8,14H2,1H3. The van der Waals surface area contributed by atoms with E-state index in [0.717, 1.165) is 24.3 Å². The third-order valence-corrected chi connectivity index (χ3v) is 4.51. The maximum absolute atomic E-state index is 5.49. The Bertz CT molecular complexity index is 405. The fourth-order valence-electron chi connectivity index (χ4n) is 3.67. The Balaban J connectivity index is 1.70. The van der Waals surface area contributed by atoms with E-state index >= 15 is 0 Å². The summed E-state index contributed by atoms with van der Waals surface area (Å²) in [6.45, 7) is 3.46. The SMILES string of the molecule is CC1CC2CCCCC2N1Cc1noc(CN)n1. The first-order valence-corrected chi connectivity index (χ1v) is 7.05. The molecule has 2 aliphatic rings. The van der Waals surface area contributed by atoms with E-state index in [1.807, 2.05) is 0 Å². The lowest BCUT2D eigenvalue weighted by molar-refractivity contribution is 0.144. The zero-order valence-corrected chi connectivity index (χ0v) is 11.0. The number of rotatable bonds is 3. The van der Waals surface area contributed by atoms with Crippen molar-refractivity contribution in [3.63, 3.8) is 0 Å². The van der Waals surface area contributed by atoms with Gasteiger partial charge in [-0.25, -0.2) is 0 Å². The van der Waals surface area contributed by atoms with Gasteiger partial charge in [-0.15, -0.1) is 0 Å². The van der Waals surface area contributed by atoms with Crippen LogP contribution in [0.5, 0.6) is 0 Å². The molecule has 1 aromatic heterocycles. The Morgan fingerprint density at radius 1 is 1.39 bits per heavy atom. The first-order valence-electron chi connectivity index (χ1n) is 7.05. The van der Waals surface area contributed by atoms with Gasteiger partial charge in [0.15, 0.2) is 5.82 Å². The van der Waals surface area contributed by atoms with Gasteiger partial charge in [0, 0.05) is 12.1 Å². The van der Waals surface area contributed by atoms with Crippen molar-refractivity contribution in [3.8, 4) is 0 Å². The first-order chi connectivity index (χ1) is 8.78. The van der Waals surface area contributed by atoms with Crippen molar-refractivity contribution in [1.82, 2.24) is 15.0 Å². The van der Waals surface area contributed by atoms with Crippen LogP contribution in [-0.4, -0.2) is 27.1 Å². The molecule has 3 rings (SSSR count). The van der Waals surface area contributed by atoms with Crippen LogP contribution < -0.4 is 5.73 Å². The summed E-state index contributed by atoms with van der Waals surface area (Å²) < 4.78 is 5.08. The predicted octanol–water partition coefficient (Wildman–Crippen LogP) is 1.68. The predicted molar refractivity (Wildman–Crippen MR) is 67.6 cm³/mol. The number of hydrogen-bond acceptors (Lipinski definition) is 5. The van der Waals surface area contributed by atoms with E-state index in [2.05, 4.69) is 22.0 Å². The number of nitrogens with zero attached hydrogens (tertiary/aromatic N) is 3. The van der Waals surface area contributed by atoms with E-state index in [9.17, 15) is 0 Å². The van der Waals surface area contributed by atoms with Gasteiger partial charge in [0.2, 0.25) is 5.89 Å². The highest BCUT2D eigenvalue weighted by Gasteiger charge is 2.40. The zero-order valence-electron chi connectivity index (χ0n) is 11.0. The van der Waals surface area contributed by atoms with E-state index in [4.69, 9.17) is 10.3 Å². The molecule has 3 atom stereocenters. The third-order valence-electron chi connectivity index (χ3n) is 4.51. The first kappa shape index (κ1) is 12.1. The smallest absolute Gasteiger partial charge is 0.240 e. The second kappa shape index (κ2) is 4.97. The maximum atomic E-state index is 5.49. The summed E-state index contributed by atoms with van der Waals surface area (Å²) in [5.41, 5.74) is 5.49. The average Bonchev–Trinajstić information content (AvgIpc) is 2.96. The fourth-order valence-corrected chi connectivity index (χ4v) is 3.67. The van der Waals surface area contributed by atoms with Crippen molar-refractivity contribution >= 4 is 0 Å². The van der Waals surface area contributed by atoms with Gasteiger partial charge in [-0.3, -0.25) is 4.90 Å². The van der Waals surface area contributed by atoms with E-state index in [-0.39, 0.29) is 0 Å². The van der Waals surface area contributed by atoms with E-state index in [1.165, 1.54) is 32.1 Å².